The first-order valence-electron chi connectivity index (χ1n) is 6.71. The molecule has 1 aromatic rings. The second-order valence-corrected chi connectivity index (χ2v) is 6.59. The van der Waals surface area contributed by atoms with Crippen LogP contribution in [0.15, 0.2) is 23.1 Å². The SMILES string of the molecule is Cc1c(N)cccc1SC(C)C(=O)NCCC(C)C. The van der Waals surface area contributed by atoms with Gasteiger partial charge in [-0.3, -0.25) is 4.79 Å². The molecule has 0 saturated heterocycles. The molecule has 1 atom stereocenters. The quantitative estimate of drug-likeness (QED) is 0.621. The van der Waals surface area contributed by atoms with Crippen LogP contribution in [-0.4, -0.2) is 17.7 Å². The first-order chi connectivity index (χ1) is 8.91. The van der Waals surface area contributed by atoms with Gasteiger partial charge in [-0.05, 0) is 43.9 Å². The van der Waals surface area contributed by atoms with E-state index < -0.39 is 0 Å². The molecule has 0 aliphatic rings. The van der Waals surface area contributed by atoms with Crippen molar-refractivity contribution in [3.63, 3.8) is 0 Å². The van der Waals surface area contributed by atoms with E-state index >= 15 is 0 Å². The van der Waals surface area contributed by atoms with E-state index in [2.05, 4.69) is 19.2 Å². The van der Waals surface area contributed by atoms with Crippen molar-refractivity contribution in [3.8, 4) is 0 Å². The van der Waals surface area contributed by atoms with Gasteiger partial charge in [-0.2, -0.15) is 0 Å². The lowest BCUT2D eigenvalue weighted by Gasteiger charge is -2.14. The lowest BCUT2D eigenvalue weighted by molar-refractivity contribution is -0.120. The molecule has 0 heterocycles. The summed E-state index contributed by atoms with van der Waals surface area (Å²) in [5.41, 5.74) is 7.70. The molecular weight excluding hydrogens is 256 g/mol. The van der Waals surface area contributed by atoms with Crippen LogP contribution in [0.1, 0.15) is 32.8 Å². The zero-order chi connectivity index (χ0) is 14.4. The molecule has 0 aliphatic heterocycles. The van der Waals surface area contributed by atoms with Gasteiger partial charge in [0.2, 0.25) is 5.91 Å². The van der Waals surface area contributed by atoms with Crippen molar-refractivity contribution in [2.45, 2.75) is 44.3 Å². The zero-order valence-corrected chi connectivity index (χ0v) is 13.0. The summed E-state index contributed by atoms with van der Waals surface area (Å²) < 4.78 is 0. The minimum absolute atomic E-state index is 0.0903. The third kappa shape index (κ3) is 5.15. The molecule has 0 spiro atoms. The fourth-order valence-corrected chi connectivity index (χ4v) is 2.65. The number of hydrogen-bond acceptors (Lipinski definition) is 3. The summed E-state index contributed by atoms with van der Waals surface area (Å²) in [6.45, 7) is 8.97. The molecule has 0 bridgehead atoms. The number of thioether (sulfide) groups is 1. The Morgan fingerprint density at radius 1 is 1.37 bits per heavy atom. The van der Waals surface area contributed by atoms with Gasteiger partial charge >= 0.3 is 0 Å². The van der Waals surface area contributed by atoms with Crippen LogP contribution in [0.5, 0.6) is 0 Å². The Kier molecular flexibility index (Phi) is 6.22. The summed E-state index contributed by atoms with van der Waals surface area (Å²) >= 11 is 1.56. The molecule has 3 N–H and O–H groups in total. The maximum Gasteiger partial charge on any atom is 0.233 e. The Morgan fingerprint density at radius 2 is 2.05 bits per heavy atom. The van der Waals surface area contributed by atoms with Gasteiger partial charge in [-0.1, -0.05) is 19.9 Å². The van der Waals surface area contributed by atoms with Crippen LogP contribution in [0.3, 0.4) is 0 Å². The van der Waals surface area contributed by atoms with Crippen LogP contribution in [0.2, 0.25) is 0 Å². The molecule has 0 saturated carbocycles. The predicted octanol–water partition coefficient (Wildman–Crippen LogP) is 3.22. The minimum Gasteiger partial charge on any atom is -0.398 e. The topological polar surface area (TPSA) is 55.1 Å². The molecule has 0 fully saturated rings. The van der Waals surface area contributed by atoms with Crippen molar-refractivity contribution in [2.24, 2.45) is 5.92 Å². The minimum atomic E-state index is -0.104. The van der Waals surface area contributed by atoms with E-state index in [1.54, 1.807) is 11.8 Å². The Labute approximate surface area is 120 Å². The average molecular weight is 280 g/mol. The lowest BCUT2D eigenvalue weighted by atomic mass is 10.1. The molecule has 1 rings (SSSR count). The van der Waals surface area contributed by atoms with Crippen molar-refractivity contribution in [2.75, 3.05) is 12.3 Å². The van der Waals surface area contributed by atoms with Crippen molar-refractivity contribution in [3.05, 3.63) is 23.8 Å². The molecule has 3 nitrogen and oxygen atoms in total. The number of carbonyl (C=O) groups excluding carboxylic acids is 1. The van der Waals surface area contributed by atoms with Crippen molar-refractivity contribution in [1.29, 1.82) is 0 Å². The third-order valence-electron chi connectivity index (χ3n) is 3.02. The van der Waals surface area contributed by atoms with Crippen molar-refractivity contribution < 1.29 is 4.79 Å². The van der Waals surface area contributed by atoms with Gasteiger partial charge < -0.3 is 11.1 Å². The molecule has 0 aliphatic carbocycles. The fraction of sp³-hybridized carbons (Fsp3) is 0.533. The number of anilines is 1. The molecule has 1 aromatic carbocycles. The van der Waals surface area contributed by atoms with Crippen LogP contribution in [0.25, 0.3) is 0 Å². The van der Waals surface area contributed by atoms with E-state index in [1.165, 1.54) is 0 Å². The van der Waals surface area contributed by atoms with E-state index in [0.29, 0.717) is 5.92 Å². The standard InChI is InChI=1S/C15H24N2OS/c1-10(2)8-9-17-15(18)12(4)19-14-7-5-6-13(16)11(14)3/h5-7,10,12H,8-9,16H2,1-4H3,(H,17,18). The van der Waals surface area contributed by atoms with E-state index in [9.17, 15) is 4.79 Å². The van der Waals surface area contributed by atoms with Crippen LogP contribution in [0, 0.1) is 12.8 Å². The van der Waals surface area contributed by atoms with E-state index in [1.807, 2.05) is 32.0 Å². The summed E-state index contributed by atoms with van der Waals surface area (Å²) in [6, 6.07) is 5.81. The van der Waals surface area contributed by atoms with E-state index in [-0.39, 0.29) is 11.2 Å². The number of nitrogens with one attached hydrogen (secondary N) is 1. The summed E-state index contributed by atoms with van der Waals surface area (Å²) in [4.78, 5) is 13.0. The monoisotopic (exact) mass is 280 g/mol. The second-order valence-electron chi connectivity index (χ2n) is 5.20. The highest BCUT2D eigenvalue weighted by molar-refractivity contribution is 8.00. The molecule has 0 aromatic heterocycles. The number of amides is 1. The summed E-state index contributed by atoms with van der Waals surface area (Å²) in [5.74, 6) is 0.701. The van der Waals surface area contributed by atoms with Crippen LogP contribution in [-0.2, 0) is 4.79 Å². The highest BCUT2D eigenvalue weighted by Crippen LogP contribution is 2.29. The third-order valence-corrected chi connectivity index (χ3v) is 4.28. The molecule has 106 valence electrons. The number of hydrogen-bond donors (Lipinski definition) is 2. The van der Waals surface area contributed by atoms with Gasteiger partial charge in [-0.15, -0.1) is 11.8 Å². The Bertz CT molecular complexity index is 432. The van der Waals surface area contributed by atoms with Gasteiger partial charge in [-0.25, -0.2) is 0 Å². The Balaban J connectivity index is 2.52. The van der Waals surface area contributed by atoms with Crippen LogP contribution >= 0.6 is 11.8 Å². The fourth-order valence-electron chi connectivity index (χ4n) is 1.63. The van der Waals surface area contributed by atoms with Crippen molar-refractivity contribution in [1.82, 2.24) is 5.32 Å². The van der Waals surface area contributed by atoms with Crippen LogP contribution in [0.4, 0.5) is 5.69 Å². The zero-order valence-electron chi connectivity index (χ0n) is 12.2. The predicted molar refractivity (Wildman–Crippen MR) is 83.4 cm³/mol. The highest BCUT2D eigenvalue weighted by Gasteiger charge is 2.15. The highest BCUT2D eigenvalue weighted by atomic mass is 32.2. The Hall–Kier alpha value is -1.16. The van der Waals surface area contributed by atoms with Gasteiger partial charge in [0, 0.05) is 17.1 Å². The first-order valence-corrected chi connectivity index (χ1v) is 7.59. The number of benzene rings is 1. The van der Waals surface area contributed by atoms with Gasteiger partial charge in [0.25, 0.3) is 0 Å². The lowest BCUT2D eigenvalue weighted by Crippen LogP contribution is -2.32. The van der Waals surface area contributed by atoms with Gasteiger partial charge in [0.15, 0.2) is 0 Å². The molecule has 4 heteroatoms. The normalized spacial score (nSPS) is 12.5. The average Bonchev–Trinajstić information content (AvgIpc) is 2.34. The van der Waals surface area contributed by atoms with Crippen molar-refractivity contribution >= 4 is 23.4 Å². The molecule has 1 amide bonds. The number of nitrogens with two attached hydrogens (primary N) is 1. The van der Waals surface area contributed by atoms with E-state index in [0.717, 1.165) is 29.1 Å². The smallest absolute Gasteiger partial charge is 0.233 e. The van der Waals surface area contributed by atoms with E-state index in [4.69, 9.17) is 5.73 Å². The molecule has 1 unspecified atom stereocenters. The summed E-state index contributed by atoms with van der Waals surface area (Å²) in [7, 11) is 0. The number of rotatable bonds is 6. The summed E-state index contributed by atoms with van der Waals surface area (Å²) in [5, 5.41) is 2.87. The molecule has 19 heavy (non-hydrogen) atoms. The maximum atomic E-state index is 12.0. The molecule has 0 radical (unpaired) electrons. The Morgan fingerprint density at radius 3 is 2.68 bits per heavy atom. The second kappa shape index (κ2) is 7.43. The maximum absolute atomic E-state index is 12.0. The van der Waals surface area contributed by atoms with Gasteiger partial charge in [0.05, 0.1) is 5.25 Å². The number of nitrogen functional groups attached to an aromatic ring is 1. The summed E-state index contributed by atoms with van der Waals surface area (Å²) in [6.07, 6.45) is 1.01. The van der Waals surface area contributed by atoms with Gasteiger partial charge in [0.1, 0.15) is 0 Å². The first kappa shape index (κ1) is 15.9. The van der Waals surface area contributed by atoms with Crippen LogP contribution < -0.4 is 11.1 Å². The largest absolute Gasteiger partial charge is 0.398 e. The number of carbonyl (C=O) groups is 1. The molecular formula is C15H24N2OS.